The van der Waals surface area contributed by atoms with Crippen LogP contribution in [0.3, 0.4) is 0 Å². The van der Waals surface area contributed by atoms with Crippen LogP contribution >= 0.6 is 11.6 Å². The minimum absolute atomic E-state index is 0.0262. The molecule has 9 heteroatoms. The van der Waals surface area contributed by atoms with Gasteiger partial charge in [-0.3, -0.25) is 9.69 Å². The van der Waals surface area contributed by atoms with E-state index in [4.69, 9.17) is 16.3 Å². The number of carbonyl (C=O) groups excluding carboxylic acids is 2. The number of amides is 3. The molecule has 3 aromatic rings. The summed E-state index contributed by atoms with van der Waals surface area (Å²) in [6, 6.07) is 7.93. The molecule has 38 heavy (non-hydrogen) atoms. The van der Waals surface area contributed by atoms with Gasteiger partial charge in [0.1, 0.15) is 17.9 Å². The topological polar surface area (TPSA) is 70.9 Å². The molecule has 1 aliphatic heterocycles. The summed E-state index contributed by atoms with van der Waals surface area (Å²) in [5, 5.41) is 1.31. The van der Waals surface area contributed by atoms with Gasteiger partial charge < -0.3 is 19.1 Å². The molecule has 4 rings (SSSR count). The predicted molar refractivity (Wildman–Crippen MR) is 152 cm³/mol. The molecule has 0 bridgehead atoms. The fraction of sp³-hybridized carbons (Fsp3) is 0.483. The van der Waals surface area contributed by atoms with Gasteiger partial charge in [0.15, 0.2) is 0 Å². The van der Waals surface area contributed by atoms with E-state index >= 15 is 0 Å². The van der Waals surface area contributed by atoms with E-state index in [1.807, 2.05) is 28.0 Å². The molecule has 8 nitrogen and oxygen atoms in total. The molecule has 204 valence electrons. The minimum atomic E-state index is -0.0446. The van der Waals surface area contributed by atoms with Crippen molar-refractivity contribution in [2.24, 2.45) is 0 Å². The van der Waals surface area contributed by atoms with Gasteiger partial charge in [0, 0.05) is 57.2 Å². The Morgan fingerprint density at radius 1 is 1.13 bits per heavy atom. The molecule has 3 amide bonds. The highest BCUT2D eigenvalue weighted by Crippen LogP contribution is 2.31. The number of aryl methyl sites for hydroxylation is 1. The van der Waals surface area contributed by atoms with E-state index in [0.29, 0.717) is 30.3 Å². The number of methoxy groups -OCH3 is 1. The Hall–Kier alpha value is -3.26. The van der Waals surface area contributed by atoms with Gasteiger partial charge in [-0.25, -0.2) is 9.78 Å². The summed E-state index contributed by atoms with van der Waals surface area (Å²) in [5.74, 6) is 0.828. The lowest BCUT2D eigenvalue weighted by Gasteiger charge is -2.36. The number of fused-ring (bicyclic) bond motifs is 1. The van der Waals surface area contributed by atoms with E-state index in [1.165, 1.54) is 19.3 Å². The number of ether oxygens (including phenoxy) is 1. The second-order valence-electron chi connectivity index (χ2n) is 10.1. The van der Waals surface area contributed by atoms with Crippen molar-refractivity contribution in [1.29, 1.82) is 0 Å². The smallest absolute Gasteiger partial charge is 0.324 e. The van der Waals surface area contributed by atoms with Crippen molar-refractivity contribution in [1.82, 2.24) is 19.4 Å². The Bertz CT molecular complexity index is 1290. The van der Waals surface area contributed by atoms with Crippen molar-refractivity contribution in [3.63, 3.8) is 0 Å². The van der Waals surface area contributed by atoms with Gasteiger partial charge in [-0.1, -0.05) is 37.8 Å². The molecule has 0 atom stereocenters. The van der Waals surface area contributed by atoms with Crippen LogP contribution in [0.2, 0.25) is 5.02 Å². The first kappa shape index (κ1) is 27.8. The first-order valence-corrected chi connectivity index (χ1v) is 13.8. The van der Waals surface area contributed by atoms with Crippen LogP contribution in [0.4, 0.5) is 10.5 Å². The molecule has 0 N–H and O–H groups in total. The number of unbranched alkanes of at least 4 members (excludes halogenated alkanes) is 3. The van der Waals surface area contributed by atoms with E-state index in [9.17, 15) is 9.59 Å². The predicted octanol–water partition coefficient (Wildman–Crippen LogP) is 5.74. The second-order valence-corrected chi connectivity index (χ2v) is 10.5. The van der Waals surface area contributed by atoms with Gasteiger partial charge in [-0.05, 0) is 54.7 Å². The highest BCUT2D eigenvalue weighted by Gasteiger charge is 2.28. The molecule has 2 aromatic heterocycles. The maximum atomic E-state index is 13.7. The Morgan fingerprint density at radius 3 is 2.68 bits per heavy atom. The molecular weight excluding hydrogens is 502 g/mol. The molecule has 1 saturated heterocycles. The van der Waals surface area contributed by atoms with Crippen LogP contribution in [0.25, 0.3) is 11.0 Å². The molecule has 0 spiro atoms. The average Bonchev–Trinajstić information content (AvgIpc) is 3.23. The number of anilines is 1. The summed E-state index contributed by atoms with van der Waals surface area (Å²) in [6.07, 6.45) is 9.97. The third-order valence-electron chi connectivity index (χ3n) is 7.15. The van der Waals surface area contributed by atoms with Crippen molar-refractivity contribution in [2.75, 3.05) is 39.2 Å². The summed E-state index contributed by atoms with van der Waals surface area (Å²) < 4.78 is 7.38. The molecule has 1 aliphatic rings. The van der Waals surface area contributed by atoms with Gasteiger partial charge in [-0.15, -0.1) is 0 Å². The first-order valence-electron chi connectivity index (χ1n) is 13.4. The fourth-order valence-electron chi connectivity index (χ4n) is 5.01. The zero-order chi connectivity index (χ0) is 27.2. The Labute approximate surface area is 230 Å². The van der Waals surface area contributed by atoms with E-state index in [2.05, 4.69) is 18.0 Å². The van der Waals surface area contributed by atoms with Crippen LogP contribution in [0.15, 0.2) is 36.7 Å². The average molecular weight is 540 g/mol. The number of aromatic nitrogens is 2. The summed E-state index contributed by atoms with van der Waals surface area (Å²) in [7, 11) is 5.14. The third kappa shape index (κ3) is 6.07. The lowest BCUT2D eigenvalue weighted by Crippen LogP contribution is -2.49. The van der Waals surface area contributed by atoms with Crippen LogP contribution in [0, 0.1) is 0 Å². The standard InChI is InChI=1S/C29H38ClN5O3/c1-5-6-7-8-10-21-17-23(11-12-25(21)38-4)35-16-9-15-33(29(35)37)18-22-13-14-31-28-27(22)24(30)19-34(28)20-26(36)32(2)3/h11-14,17,19H,5-10,15-16,18,20H2,1-4H3. The lowest BCUT2D eigenvalue weighted by molar-refractivity contribution is -0.129. The summed E-state index contributed by atoms with van der Waals surface area (Å²) >= 11 is 6.62. The number of pyridine rings is 1. The summed E-state index contributed by atoms with van der Waals surface area (Å²) in [4.78, 5) is 35.7. The molecular formula is C29H38ClN5O3. The van der Waals surface area contributed by atoms with Crippen molar-refractivity contribution in [3.8, 4) is 5.75 Å². The molecule has 1 fully saturated rings. The molecule has 0 saturated carbocycles. The van der Waals surface area contributed by atoms with Crippen LogP contribution in [-0.4, -0.2) is 65.6 Å². The van der Waals surface area contributed by atoms with Crippen LogP contribution < -0.4 is 9.64 Å². The number of benzene rings is 1. The number of urea groups is 1. The monoisotopic (exact) mass is 539 g/mol. The quantitative estimate of drug-likeness (QED) is 0.291. The van der Waals surface area contributed by atoms with E-state index in [0.717, 1.165) is 47.2 Å². The highest BCUT2D eigenvalue weighted by molar-refractivity contribution is 6.35. The maximum Gasteiger partial charge on any atom is 0.324 e. The van der Waals surface area contributed by atoms with Crippen LogP contribution in [-0.2, 0) is 24.3 Å². The van der Waals surface area contributed by atoms with Gasteiger partial charge in [0.2, 0.25) is 5.91 Å². The number of likely N-dealkylation sites (N-methyl/N-ethyl adjacent to an activating group) is 1. The Balaban J connectivity index is 1.55. The summed E-state index contributed by atoms with van der Waals surface area (Å²) in [5.41, 5.74) is 3.60. The zero-order valence-electron chi connectivity index (χ0n) is 22.9. The largest absolute Gasteiger partial charge is 0.496 e. The fourth-order valence-corrected chi connectivity index (χ4v) is 5.34. The Morgan fingerprint density at radius 2 is 1.95 bits per heavy atom. The molecule has 3 heterocycles. The van der Waals surface area contributed by atoms with Crippen molar-refractivity contribution >= 4 is 40.3 Å². The van der Waals surface area contributed by atoms with E-state index < -0.39 is 0 Å². The van der Waals surface area contributed by atoms with Crippen molar-refractivity contribution < 1.29 is 14.3 Å². The molecule has 0 radical (unpaired) electrons. The maximum absolute atomic E-state index is 13.7. The van der Waals surface area contributed by atoms with Crippen LogP contribution in [0.5, 0.6) is 5.75 Å². The zero-order valence-corrected chi connectivity index (χ0v) is 23.6. The number of carbonyl (C=O) groups is 2. The van der Waals surface area contributed by atoms with Gasteiger partial charge in [0.25, 0.3) is 0 Å². The second kappa shape index (κ2) is 12.5. The first-order chi connectivity index (χ1) is 18.3. The van der Waals surface area contributed by atoms with Gasteiger partial charge in [-0.2, -0.15) is 0 Å². The lowest BCUT2D eigenvalue weighted by atomic mass is 10.0. The number of rotatable bonds is 11. The van der Waals surface area contributed by atoms with Crippen LogP contribution in [0.1, 0.15) is 50.2 Å². The molecule has 1 aromatic carbocycles. The SMILES string of the molecule is CCCCCCc1cc(N2CCCN(Cc3ccnc4c3c(Cl)cn4CC(=O)N(C)C)C2=O)ccc1OC. The van der Waals surface area contributed by atoms with Crippen molar-refractivity contribution in [3.05, 3.63) is 52.8 Å². The number of hydrogen-bond donors (Lipinski definition) is 0. The van der Waals surface area contributed by atoms with Gasteiger partial charge >= 0.3 is 6.03 Å². The van der Waals surface area contributed by atoms with Crippen molar-refractivity contribution in [2.45, 2.75) is 58.5 Å². The normalized spacial score (nSPS) is 13.9. The van der Waals surface area contributed by atoms with E-state index in [1.54, 1.807) is 43.1 Å². The number of hydrogen-bond acceptors (Lipinski definition) is 4. The highest BCUT2D eigenvalue weighted by atomic mass is 35.5. The minimum Gasteiger partial charge on any atom is -0.496 e. The summed E-state index contributed by atoms with van der Waals surface area (Å²) in [6.45, 7) is 4.12. The third-order valence-corrected chi connectivity index (χ3v) is 7.44. The number of nitrogens with zero attached hydrogens (tertiary/aromatic N) is 5. The molecule has 0 unspecified atom stereocenters. The number of halogens is 1. The Kier molecular flexibility index (Phi) is 9.15. The van der Waals surface area contributed by atoms with Gasteiger partial charge in [0.05, 0.1) is 12.1 Å². The molecule has 0 aliphatic carbocycles. The van der Waals surface area contributed by atoms with E-state index in [-0.39, 0.29) is 18.5 Å².